The lowest BCUT2D eigenvalue weighted by molar-refractivity contribution is -0.125. The van der Waals surface area contributed by atoms with E-state index in [2.05, 4.69) is 5.32 Å². The molecule has 2 rings (SSSR count). The fraction of sp³-hybridized carbons (Fsp3) is 0.462. The molecule has 92 valence electrons. The van der Waals surface area contributed by atoms with Crippen LogP contribution in [0.2, 0.25) is 0 Å². The Morgan fingerprint density at radius 3 is 2.82 bits per heavy atom. The average Bonchev–Trinajstić information content (AvgIpc) is 2.90. The average molecular weight is 235 g/mol. The van der Waals surface area contributed by atoms with Gasteiger partial charge >= 0.3 is 0 Å². The van der Waals surface area contributed by atoms with Crippen LogP contribution in [0.3, 0.4) is 0 Å². The van der Waals surface area contributed by atoms with Crippen molar-refractivity contribution in [2.24, 2.45) is 5.92 Å². The van der Waals surface area contributed by atoms with Crippen LogP contribution in [0.15, 0.2) is 24.3 Å². The maximum atomic E-state index is 11.8. The summed E-state index contributed by atoms with van der Waals surface area (Å²) in [6.07, 6.45) is 0.799. The van der Waals surface area contributed by atoms with Crippen molar-refractivity contribution in [3.8, 4) is 0 Å². The Morgan fingerprint density at radius 1 is 1.41 bits per heavy atom. The van der Waals surface area contributed by atoms with Gasteiger partial charge in [0.1, 0.15) is 0 Å². The summed E-state index contributed by atoms with van der Waals surface area (Å²) in [5.41, 5.74) is 1.82. The van der Waals surface area contributed by atoms with Crippen LogP contribution in [0.25, 0.3) is 0 Å². The van der Waals surface area contributed by atoms with Crippen molar-refractivity contribution in [1.29, 1.82) is 0 Å². The molecular formula is C13H17NO3. The Hall–Kier alpha value is -1.39. The lowest BCUT2D eigenvalue weighted by atomic mass is 10.1. The Labute approximate surface area is 101 Å². The third-order valence-electron chi connectivity index (χ3n) is 3.04. The maximum absolute atomic E-state index is 11.8. The summed E-state index contributed by atoms with van der Waals surface area (Å²) in [5, 5.41) is 12.0. The largest absolute Gasteiger partial charge is 0.392 e. The summed E-state index contributed by atoms with van der Waals surface area (Å²) in [7, 11) is 0. The normalized spacial score (nSPS) is 19.2. The van der Waals surface area contributed by atoms with E-state index in [-0.39, 0.29) is 18.4 Å². The zero-order valence-electron chi connectivity index (χ0n) is 9.69. The zero-order valence-corrected chi connectivity index (χ0v) is 9.69. The van der Waals surface area contributed by atoms with Gasteiger partial charge in [0, 0.05) is 13.2 Å². The van der Waals surface area contributed by atoms with Gasteiger partial charge in [0.15, 0.2) is 0 Å². The molecular weight excluding hydrogens is 218 g/mol. The van der Waals surface area contributed by atoms with E-state index in [9.17, 15) is 4.79 Å². The molecule has 17 heavy (non-hydrogen) atoms. The molecule has 0 aliphatic carbocycles. The van der Waals surface area contributed by atoms with E-state index >= 15 is 0 Å². The van der Waals surface area contributed by atoms with Crippen molar-refractivity contribution >= 4 is 5.91 Å². The molecule has 1 aliphatic rings. The van der Waals surface area contributed by atoms with Crippen LogP contribution in [-0.4, -0.2) is 24.2 Å². The minimum absolute atomic E-state index is 0.00141. The molecule has 1 heterocycles. The van der Waals surface area contributed by atoms with E-state index in [0.29, 0.717) is 19.8 Å². The Bertz CT molecular complexity index is 386. The van der Waals surface area contributed by atoms with Gasteiger partial charge in [0.2, 0.25) is 5.91 Å². The van der Waals surface area contributed by atoms with Crippen LogP contribution < -0.4 is 5.32 Å². The summed E-state index contributed by atoms with van der Waals surface area (Å²) >= 11 is 0. The Morgan fingerprint density at radius 2 is 2.18 bits per heavy atom. The molecule has 1 amide bonds. The molecule has 4 nitrogen and oxygen atoms in total. The van der Waals surface area contributed by atoms with Crippen molar-refractivity contribution in [3.05, 3.63) is 35.4 Å². The molecule has 0 aromatic heterocycles. The molecule has 0 radical (unpaired) electrons. The highest BCUT2D eigenvalue weighted by Crippen LogP contribution is 2.13. The molecule has 1 fully saturated rings. The highest BCUT2D eigenvalue weighted by Gasteiger charge is 2.23. The van der Waals surface area contributed by atoms with E-state index in [1.54, 1.807) is 0 Å². The predicted molar refractivity (Wildman–Crippen MR) is 63.1 cm³/mol. The van der Waals surface area contributed by atoms with Crippen LogP contribution in [0.4, 0.5) is 0 Å². The number of carbonyl (C=O) groups is 1. The van der Waals surface area contributed by atoms with Crippen molar-refractivity contribution in [2.75, 3.05) is 13.2 Å². The molecule has 1 aromatic rings. The van der Waals surface area contributed by atoms with Gasteiger partial charge in [-0.25, -0.2) is 0 Å². The number of ether oxygens (including phenoxy) is 1. The van der Waals surface area contributed by atoms with E-state index in [4.69, 9.17) is 9.84 Å². The Balaban J connectivity index is 1.90. The quantitative estimate of drug-likeness (QED) is 0.812. The van der Waals surface area contributed by atoms with Gasteiger partial charge in [-0.3, -0.25) is 4.79 Å². The number of benzene rings is 1. The fourth-order valence-corrected chi connectivity index (χ4v) is 1.95. The van der Waals surface area contributed by atoms with Gasteiger partial charge in [-0.05, 0) is 17.5 Å². The summed E-state index contributed by atoms with van der Waals surface area (Å²) in [6.45, 7) is 1.66. The Kier molecular flexibility index (Phi) is 4.12. The first-order valence-corrected chi connectivity index (χ1v) is 5.84. The number of amides is 1. The van der Waals surface area contributed by atoms with Gasteiger partial charge in [-0.1, -0.05) is 24.3 Å². The maximum Gasteiger partial charge on any atom is 0.225 e. The number of aliphatic hydroxyl groups is 1. The smallest absolute Gasteiger partial charge is 0.225 e. The number of carbonyl (C=O) groups excluding carboxylic acids is 1. The number of hydrogen-bond acceptors (Lipinski definition) is 3. The minimum Gasteiger partial charge on any atom is -0.392 e. The van der Waals surface area contributed by atoms with Crippen LogP contribution in [0.1, 0.15) is 17.5 Å². The highest BCUT2D eigenvalue weighted by molar-refractivity contribution is 5.79. The SMILES string of the molecule is O=C(NCc1ccccc1CO)C1CCOC1. The molecule has 4 heteroatoms. The number of rotatable bonds is 4. The third-order valence-corrected chi connectivity index (χ3v) is 3.04. The lowest BCUT2D eigenvalue weighted by Gasteiger charge is -2.11. The number of aliphatic hydroxyl groups excluding tert-OH is 1. The van der Waals surface area contributed by atoms with Crippen LogP contribution in [0.5, 0.6) is 0 Å². The molecule has 1 aromatic carbocycles. The molecule has 1 aliphatic heterocycles. The summed E-state index contributed by atoms with van der Waals surface area (Å²) < 4.78 is 5.17. The van der Waals surface area contributed by atoms with E-state index in [0.717, 1.165) is 17.5 Å². The third kappa shape index (κ3) is 3.05. The standard InChI is InChI=1S/C13H17NO3/c15-8-11-4-2-1-3-10(11)7-14-13(16)12-5-6-17-9-12/h1-4,12,15H,5-9H2,(H,14,16). The second-order valence-corrected chi connectivity index (χ2v) is 4.21. The van der Waals surface area contributed by atoms with Gasteiger partial charge < -0.3 is 15.2 Å². The molecule has 0 saturated carbocycles. The van der Waals surface area contributed by atoms with E-state index < -0.39 is 0 Å². The van der Waals surface area contributed by atoms with Gasteiger partial charge in [0.25, 0.3) is 0 Å². The summed E-state index contributed by atoms with van der Waals surface area (Å²) in [5.74, 6) is 0.0199. The van der Waals surface area contributed by atoms with E-state index in [1.165, 1.54) is 0 Å². The van der Waals surface area contributed by atoms with E-state index in [1.807, 2.05) is 24.3 Å². The molecule has 2 N–H and O–H groups in total. The molecule has 0 spiro atoms. The van der Waals surface area contributed by atoms with Crippen LogP contribution >= 0.6 is 0 Å². The summed E-state index contributed by atoms with van der Waals surface area (Å²) in [6, 6.07) is 7.55. The molecule has 1 saturated heterocycles. The number of hydrogen-bond donors (Lipinski definition) is 2. The first kappa shape index (κ1) is 12.1. The topological polar surface area (TPSA) is 58.6 Å². The van der Waals surface area contributed by atoms with Crippen molar-refractivity contribution in [3.63, 3.8) is 0 Å². The molecule has 0 bridgehead atoms. The summed E-state index contributed by atoms with van der Waals surface area (Å²) in [4.78, 5) is 11.8. The fourth-order valence-electron chi connectivity index (χ4n) is 1.95. The predicted octanol–water partition coefficient (Wildman–Crippen LogP) is 0.832. The monoisotopic (exact) mass is 235 g/mol. The van der Waals surface area contributed by atoms with Crippen molar-refractivity contribution < 1.29 is 14.6 Å². The van der Waals surface area contributed by atoms with Crippen LogP contribution in [0, 0.1) is 5.92 Å². The van der Waals surface area contributed by atoms with Gasteiger partial charge in [-0.2, -0.15) is 0 Å². The first-order valence-electron chi connectivity index (χ1n) is 5.84. The molecule has 1 unspecified atom stereocenters. The van der Waals surface area contributed by atoms with Crippen molar-refractivity contribution in [1.82, 2.24) is 5.32 Å². The van der Waals surface area contributed by atoms with Crippen molar-refractivity contribution in [2.45, 2.75) is 19.6 Å². The molecule has 1 atom stereocenters. The lowest BCUT2D eigenvalue weighted by Crippen LogP contribution is -2.30. The second kappa shape index (κ2) is 5.80. The van der Waals surface area contributed by atoms with Crippen LogP contribution in [-0.2, 0) is 22.7 Å². The van der Waals surface area contributed by atoms with Gasteiger partial charge in [-0.15, -0.1) is 0 Å². The minimum atomic E-state index is -0.0173. The van der Waals surface area contributed by atoms with Gasteiger partial charge in [0.05, 0.1) is 19.1 Å². The second-order valence-electron chi connectivity index (χ2n) is 4.21. The highest BCUT2D eigenvalue weighted by atomic mass is 16.5. The first-order chi connectivity index (χ1) is 8.31. The zero-order chi connectivity index (χ0) is 12.1. The number of nitrogens with one attached hydrogen (secondary N) is 1.